The van der Waals surface area contributed by atoms with Gasteiger partial charge in [-0.2, -0.15) is 5.10 Å². The van der Waals surface area contributed by atoms with Crippen LogP contribution in [0.5, 0.6) is 5.75 Å². The topological polar surface area (TPSA) is 63.8 Å². The molecule has 0 unspecified atom stereocenters. The van der Waals surface area contributed by atoms with Crippen molar-refractivity contribution in [2.75, 3.05) is 0 Å². The Bertz CT molecular complexity index is 1010. The van der Waals surface area contributed by atoms with Gasteiger partial charge in [0, 0.05) is 10.6 Å². The first-order valence-electron chi connectivity index (χ1n) is 8.19. The lowest BCUT2D eigenvalue weighted by atomic mass is 10.2. The van der Waals surface area contributed by atoms with Gasteiger partial charge >= 0.3 is 5.91 Å². The fourth-order valence-corrected chi connectivity index (χ4v) is 3.98. The van der Waals surface area contributed by atoms with Crippen molar-refractivity contribution in [3.8, 4) is 5.75 Å². The quantitative estimate of drug-likeness (QED) is 0.311. The molecule has 0 saturated heterocycles. The number of halogens is 3. The molecule has 1 N–H and O–H groups in total. The molecule has 1 heterocycles. The van der Waals surface area contributed by atoms with Gasteiger partial charge in [0.15, 0.2) is 5.76 Å². The lowest BCUT2D eigenvalue weighted by Crippen LogP contribution is -2.16. The molecule has 3 aromatic rings. The molecule has 3 rings (SSSR count). The average molecular weight is 527 g/mol. The molecule has 0 saturated carbocycles. The Morgan fingerprint density at radius 2 is 1.93 bits per heavy atom. The molecule has 144 valence electrons. The summed E-state index contributed by atoms with van der Waals surface area (Å²) in [6.45, 7) is 2.10. The van der Waals surface area contributed by atoms with Gasteiger partial charge in [0.1, 0.15) is 18.1 Å². The number of hydrogen-bond acceptors (Lipinski definition) is 4. The summed E-state index contributed by atoms with van der Waals surface area (Å²) in [5, 5.41) is 4.61. The lowest BCUT2D eigenvalue weighted by molar-refractivity contribution is 0.0926. The monoisotopic (exact) mass is 524 g/mol. The molecule has 0 aliphatic carbocycles. The molecule has 2 aromatic carbocycles. The van der Waals surface area contributed by atoms with E-state index in [1.54, 1.807) is 19.1 Å². The number of carbonyl (C=O) groups is 1. The predicted octanol–water partition coefficient (Wildman–Crippen LogP) is 6.11. The summed E-state index contributed by atoms with van der Waals surface area (Å²) in [7, 11) is 0. The Hall–Kier alpha value is -2.09. The molecule has 1 aromatic heterocycles. The van der Waals surface area contributed by atoms with Crippen LogP contribution in [0.25, 0.3) is 0 Å². The van der Waals surface area contributed by atoms with Crippen molar-refractivity contribution in [3.05, 3.63) is 85.1 Å². The molecule has 0 atom stereocenters. The molecular formula is C20H15Br2ClN2O3. The standard InChI is InChI=1S/C20H15Br2ClN2O3/c1-12-6-7-18(28-12)20(26)25-24-10-13-8-15(21)19(16(22)9-13)27-11-14-4-2-3-5-17(14)23/h2-10H,11H2,1H3,(H,25,26)/b24-10+. The highest BCUT2D eigenvalue weighted by Gasteiger charge is 2.11. The van der Waals surface area contributed by atoms with Crippen LogP contribution in [0, 0.1) is 6.92 Å². The van der Waals surface area contributed by atoms with Crippen LogP contribution in [-0.4, -0.2) is 12.1 Å². The van der Waals surface area contributed by atoms with E-state index in [0.717, 1.165) is 20.1 Å². The van der Waals surface area contributed by atoms with Gasteiger partial charge in [-0.1, -0.05) is 29.8 Å². The van der Waals surface area contributed by atoms with Gasteiger partial charge in [-0.3, -0.25) is 4.79 Å². The van der Waals surface area contributed by atoms with E-state index < -0.39 is 5.91 Å². The van der Waals surface area contributed by atoms with E-state index in [0.29, 0.717) is 23.1 Å². The summed E-state index contributed by atoms with van der Waals surface area (Å²) in [5.74, 6) is 1.10. The zero-order chi connectivity index (χ0) is 20.1. The molecule has 0 spiro atoms. The van der Waals surface area contributed by atoms with E-state index in [4.69, 9.17) is 20.8 Å². The maximum Gasteiger partial charge on any atom is 0.307 e. The van der Waals surface area contributed by atoms with Crippen LogP contribution < -0.4 is 10.2 Å². The highest BCUT2D eigenvalue weighted by Crippen LogP contribution is 2.35. The first-order chi connectivity index (χ1) is 13.4. The van der Waals surface area contributed by atoms with Crippen molar-refractivity contribution in [2.24, 2.45) is 5.10 Å². The molecule has 0 bridgehead atoms. The largest absolute Gasteiger partial charge is 0.486 e. The van der Waals surface area contributed by atoms with Gasteiger partial charge in [0.2, 0.25) is 0 Å². The molecule has 0 radical (unpaired) electrons. The molecule has 0 fully saturated rings. The number of carbonyl (C=O) groups excluding carboxylic acids is 1. The number of nitrogens with one attached hydrogen (secondary N) is 1. The highest BCUT2D eigenvalue weighted by molar-refractivity contribution is 9.11. The number of amides is 1. The van der Waals surface area contributed by atoms with Crippen LogP contribution in [0.4, 0.5) is 0 Å². The number of furan rings is 1. The van der Waals surface area contributed by atoms with E-state index in [-0.39, 0.29) is 5.76 Å². The van der Waals surface area contributed by atoms with Crippen LogP contribution in [0.2, 0.25) is 5.02 Å². The maximum absolute atomic E-state index is 11.9. The second-order valence-corrected chi connectivity index (χ2v) is 7.92. The number of benzene rings is 2. The maximum atomic E-state index is 11.9. The number of hydrogen-bond donors (Lipinski definition) is 1. The third kappa shape index (κ3) is 5.25. The molecule has 5 nitrogen and oxygen atoms in total. The van der Waals surface area contributed by atoms with Crippen LogP contribution in [-0.2, 0) is 6.61 Å². The van der Waals surface area contributed by atoms with Crippen LogP contribution >= 0.6 is 43.5 Å². The minimum atomic E-state index is -0.415. The Kier molecular flexibility index (Phi) is 6.93. The van der Waals surface area contributed by atoms with Gasteiger partial charge in [-0.05, 0) is 74.7 Å². The Morgan fingerprint density at radius 3 is 2.57 bits per heavy atom. The van der Waals surface area contributed by atoms with Crippen molar-refractivity contribution in [3.63, 3.8) is 0 Å². The summed E-state index contributed by atoms with van der Waals surface area (Å²) in [4.78, 5) is 11.9. The number of nitrogens with zero attached hydrogens (tertiary/aromatic N) is 1. The number of hydrazone groups is 1. The predicted molar refractivity (Wildman–Crippen MR) is 116 cm³/mol. The smallest absolute Gasteiger partial charge is 0.307 e. The number of ether oxygens (including phenoxy) is 1. The molecule has 28 heavy (non-hydrogen) atoms. The fraction of sp³-hybridized carbons (Fsp3) is 0.100. The highest BCUT2D eigenvalue weighted by atomic mass is 79.9. The van der Waals surface area contributed by atoms with Crippen molar-refractivity contribution in [1.82, 2.24) is 5.43 Å². The third-order valence-electron chi connectivity index (χ3n) is 3.69. The first-order valence-corrected chi connectivity index (χ1v) is 10.2. The second-order valence-electron chi connectivity index (χ2n) is 5.80. The van der Waals surface area contributed by atoms with E-state index in [9.17, 15) is 4.79 Å². The van der Waals surface area contributed by atoms with Gasteiger partial charge in [0.05, 0.1) is 15.2 Å². The average Bonchev–Trinajstić information content (AvgIpc) is 3.09. The van der Waals surface area contributed by atoms with Crippen molar-refractivity contribution in [2.45, 2.75) is 13.5 Å². The summed E-state index contributed by atoms with van der Waals surface area (Å²) in [5.41, 5.74) is 4.08. The normalized spacial score (nSPS) is 11.0. The van der Waals surface area contributed by atoms with Crippen LogP contribution in [0.3, 0.4) is 0 Å². The zero-order valence-corrected chi connectivity index (χ0v) is 18.6. The Labute approximate surface area is 184 Å². The number of aryl methyl sites for hydroxylation is 1. The lowest BCUT2D eigenvalue weighted by Gasteiger charge is -2.12. The third-order valence-corrected chi connectivity index (χ3v) is 5.24. The molecule has 8 heteroatoms. The van der Waals surface area contributed by atoms with E-state index >= 15 is 0 Å². The second kappa shape index (κ2) is 9.41. The molecule has 1 amide bonds. The molecular weight excluding hydrogens is 511 g/mol. The van der Waals surface area contributed by atoms with Crippen molar-refractivity contribution < 1.29 is 13.9 Å². The molecule has 0 aliphatic rings. The zero-order valence-electron chi connectivity index (χ0n) is 14.7. The summed E-state index contributed by atoms with van der Waals surface area (Å²) in [6.07, 6.45) is 1.53. The van der Waals surface area contributed by atoms with Gasteiger partial charge in [-0.15, -0.1) is 0 Å². The van der Waals surface area contributed by atoms with Gasteiger partial charge < -0.3 is 9.15 Å². The van der Waals surface area contributed by atoms with E-state index in [1.165, 1.54) is 6.21 Å². The van der Waals surface area contributed by atoms with E-state index in [2.05, 4.69) is 42.4 Å². The van der Waals surface area contributed by atoms with Crippen LogP contribution in [0.1, 0.15) is 27.4 Å². The fourth-order valence-electron chi connectivity index (χ4n) is 2.33. The minimum Gasteiger partial charge on any atom is -0.486 e. The van der Waals surface area contributed by atoms with Gasteiger partial charge in [-0.25, -0.2) is 5.43 Å². The molecule has 0 aliphatic heterocycles. The minimum absolute atomic E-state index is 0.209. The summed E-state index contributed by atoms with van der Waals surface area (Å²) < 4.78 is 12.6. The SMILES string of the molecule is Cc1ccc(C(=O)N/N=C/c2cc(Br)c(OCc3ccccc3Cl)c(Br)c2)o1. The van der Waals surface area contributed by atoms with Crippen molar-refractivity contribution in [1.29, 1.82) is 0 Å². The Morgan fingerprint density at radius 1 is 1.21 bits per heavy atom. The van der Waals surface area contributed by atoms with Crippen molar-refractivity contribution >= 4 is 55.6 Å². The number of rotatable bonds is 6. The van der Waals surface area contributed by atoms with Gasteiger partial charge in [0.25, 0.3) is 0 Å². The summed E-state index contributed by atoms with van der Waals surface area (Å²) >= 11 is 13.2. The summed E-state index contributed by atoms with van der Waals surface area (Å²) in [6, 6.07) is 14.5. The first kappa shape index (κ1) is 20.6. The Balaban J connectivity index is 1.66. The van der Waals surface area contributed by atoms with E-state index in [1.807, 2.05) is 36.4 Å². The van der Waals surface area contributed by atoms with Crippen LogP contribution in [0.15, 0.2) is 67.0 Å².